The molecular formula is C24H30N6O2S. The van der Waals surface area contributed by atoms with Gasteiger partial charge in [-0.3, -0.25) is 9.36 Å². The summed E-state index contributed by atoms with van der Waals surface area (Å²) in [4.78, 5) is 17.1. The standard InChI is InChI=1S/C24H30N6O2S/c1-17-5-9-21(10-6-17)30-23(29-13-15-32-16-14-29)26-27-24(30)33-18(2)22(31)25-19-7-11-20(12-8-19)28(3)4/h5-12,18H,13-16H2,1-4H3,(H,25,31). The van der Waals surface area contributed by atoms with Crippen LogP contribution in [0.25, 0.3) is 5.69 Å². The number of rotatable bonds is 7. The van der Waals surface area contributed by atoms with E-state index in [1.54, 1.807) is 0 Å². The average molecular weight is 467 g/mol. The van der Waals surface area contributed by atoms with E-state index in [9.17, 15) is 4.79 Å². The number of aryl methyl sites for hydroxylation is 1. The molecule has 0 aliphatic carbocycles. The van der Waals surface area contributed by atoms with Gasteiger partial charge in [-0.05, 0) is 50.2 Å². The maximum Gasteiger partial charge on any atom is 0.237 e. The first kappa shape index (κ1) is 23.1. The van der Waals surface area contributed by atoms with Crippen LogP contribution in [0.4, 0.5) is 17.3 Å². The Morgan fingerprint density at radius 3 is 2.36 bits per heavy atom. The topological polar surface area (TPSA) is 75.5 Å². The van der Waals surface area contributed by atoms with Crippen molar-refractivity contribution in [3.8, 4) is 5.69 Å². The van der Waals surface area contributed by atoms with Crippen molar-refractivity contribution in [2.24, 2.45) is 0 Å². The van der Waals surface area contributed by atoms with Gasteiger partial charge in [0.05, 0.1) is 24.2 Å². The second-order valence-corrected chi connectivity index (χ2v) is 9.55. The Balaban J connectivity index is 1.54. The number of benzene rings is 2. The van der Waals surface area contributed by atoms with Crippen molar-refractivity contribution in [3.63, 3.8) is 0 Å². The van der Waals surface area contributed by atoms with E-state index in [0.717, 1.165) is 36.1 Å². The highest BCUT2D eigenvalue weighted by Crippen LogP contribution is 2.30. The number of amides is 1. The van der Waals surface area contributed by atoms with Crippen LogP contribution in [0.2, 0.25) is 0 Å². The molecular weight excluding hydrogens is 436 g/mol. The second-order valence-electron chi connectivity index (χ2n) is 8.24. The molecule has 1 atom stereocenters. The molecule has 1 saturated heterocycles. The average Bonchev–Trinajstić information content (AvgIpc) is 3.24. The van der Waals surface area contributed by atoms with E-state index in [-0.39, 0.29) is 11.2 Å². The lowest BCUT2D eigenvalue weighted by atomic mass is 10.2. The minimum absolute atomic E-state index is 0.0796. The molecule has 0 radical (unpaired) electrons. The molecule has 2 aromatic carbocycles. The van der Waals surface area contributed by atoms with Gasteiger partial charge in [0.2, 0.25) is 11.9 Å². The molecule has 0 bridgehead atoms. The van der Waals surface area contributed by atoms with Crippen LogP contribution in [-0.4, -0.2) is 66.3 Å². The summed E-state index contributed by atoms with van der Waals surface area (Å²) in [6.45, 7) is 6.79. The van der Waals surface area contributed by atoms with Crippen LogP contribution in [0.3, 0.4) is 0 Å². The first-order valence-corrected chi connectivity index (χ1v) is 11.9. The van der Waals surface area contributed by atoms with E-state index in [1.807, 2.05) is 54.8 Å². The Bertz CT molecular complexity index is 1080. The van der Waals surface area contributed by atoms with Crippen LogP contribution < -0.4 is 15.1 Å². The Kier molecular flexibility index (Phi) is 7.20. The van der Waals surface area contributed by atoms with E-state index >= 15 is 0 Å². The predicted molar refractivity (Wildman–Crippen MR) is 134 cm³/mol. The first-order chi connectivity index (χ1) is 15.9. The normalized spacial score (nSPS) is 14.7. The Hall–Kier alpha value is -3.04. The smallest absolute Gasteiger partial charge is 0.237 e. The molecule has 3 aromatic rings. The van der Waals surface area contributed by atoms with Crippen LogP contribution >= 0.6 is 11.8 Å². The van der Waals surface area contributed by atoms with Crippen LogP contribution in [0.5, 0.6) is 0 Å². The van der Waals surface area contributed by atoms with Crippen molar-refractivity contribution >= 4 is 35.0 Å². The molecule has 1 unspecified atom stereocenters. The molecule has 1 aromatic heterocycles. The Morgan fingerprint density at radius 1 is 1.06 bits per heavy atom. The molecule has 2 heterocycles. The highest BCUT2D eigenvalue weighted by atomic mass is 32.2. The fourth-order valence-electron chi connectivity index (χ4n) is 3.52. The van der Waals surface area contributed by atoms with E-state index in [1.165, 1.54) is 17.3 Å². The van der Waals surface area contributed by atoms with Gasteiger partial charge < -0.3 is 19.9 Å². The number of hydrogen-bond acceptors (Lipinski definition) is 7. The van der Waals surface area contributed by atoms with Gasteiger partial charge in [-0.15, -0.1) is 10.2 Å². The molecule has 9 heteroatoms. The molecule has 0 spiro atoms. The number of hydrogen-bond donors (Lipinski definition) is 1. The minimum Gasteiger partial charge on any atom is -0.378 e. The van der Waals surface area contributed by atoms with Crippen molar-refractivity contribution < 1.29 is 9.53 Å². The quantitative estimate of drug-likeness (QED) is 0.533. The van der Waals surface area contributed by atoms with Gasteiger partial charge in [-0.2, -0.15) is 0 Å². The van der Waals surface area contributed by atoms with E-state index in [2.05, 4.69) is 51.6 Å². The maximum absolute atomic E-state index is 12.9. The summed E-state index contributed by atoms with van der Waals surface area (Å²) >= 11 is 1.40. The first-order valence-electron chi connectivity index (χ1n) is 11.0. The summed E-state index contributed by atoms with van der Waals surface area (Å²) in [5, 5.41) is 12.3. The van der Waals surface area contributed by atoms with Crippen LogP contribution in [0, 0.1) is 6.92 Å². The van der Waals surface area contributed by atoms with E-state index < -0.39 is 0 Å². The molecule has 33 heavy (non-hydrogen) atoms. The fourth-order valence-corrected chi connectivity index (χ4v) is 4.39. The third-order valence-electron chi connectivity index (χ3n) is 5.51. The van der Waals surface area contributed by atoms with Crippen molar-refractivity contribution in [2.75, 3.05) is 55.5 Å². The van der Waals surface area contributed by atoms with Gasteiger partial charge >= 0.3 is 0 Å². The number of carbonyl (C=O) groups excluding carboxylic acids is 1. The molecule has 174 valence electrons. The molecule has 1 aliphatic rings. The summed E-state index contributed by atoms with van der Waals surface area (Å²) in [6, 6.07) is 16.0. The lowest BCUT2D eigenvalue weighted by Crippen LogP contribution is -2.38. The van der Waals surface area contributed by atoms with Crippen LogP contribution in [0.15, 0.2) is 53.7 Å². The summed E-state index contributed by atoms with van der Waals surface area (Å²) in [5.41, 5.74) is 4.01. The van der Waals surface area contributed by atoms with E-state index in [4.69, 9.17) is 4.74 Å². The summed E-state index contributed by atoms with van der Waals surface area (Å²) < 4.78 is 7.54. The van der Waals surface area contributed by atoms with Crippen LogP contribution in [0.1, 0.15) is 12.5 Å². The zero-order valence-corrected chi connectivity index (χ0v) is 20.3. The summed E-state index contributed by atoms with van der Waals surface area (Å²) in [7, 11) is 3.98. The van der Waals surface area contributed by atoms with Gasteiger partial charge in [-0.25, -0.2) is 0 Å². The third-order valence-corrected chi connectivity index (χ3v) is 6.55. The lowest BCUT2D eigenvalue weighted by Gasteiger charge is -2.28. The van der Waals surface area contributed by atoms with Crippen molar-refractivity contribution in [1.82, 2.24) is 14.8 Å². The Morgan fingerprint density at radius 2 is 1.73 bits per heavy atom. The zero-order chi connectivity index (χ0) is 23.4. The van der Waals surface area contributed by atoms with Crippen molar-refractivity contribution in [2.45, 2.75) is 24.3 Å². The molecule has 1 N–H and O–H groups in total. The van der Waals surface area contributed by atoms with Gasteiger partial charge in [0.25, 0.3) is 0 Å². The van der Waals surface area contributed by atoms with Gasteiger partial charge in [0, 0.05) is 38.6 Å². The number of aromatic nitrogens is 3. The van der Waals surface area contributed by atoms with Crippen molar-refractivity contribution in [3.05, 3.63) is 54.1 Å². The summed E-state index contributed by atoms with van der Waals surface area (Å²) in [5.74, 6) is 0.695. The van der Waals surface area contributed by atoms with E-state index in [0.29, 0.717) is 18.4 Å². The number of morpholine rings is 1. The lowest BCUT2D eigenvalue weighted by molar-refractivity contribution is -0.115. The predicted octanol–water partition coefficient (Wildman–Crippen LogP) is 3.60. The third kappa shape index (κ3) is 5.48. The molecule has 4 rings (SSSR count). The van der Waals surface area contributed by atoms with Gasteiger partial charge in [0.15, 0.2) is 5.16 Å². The minimum atomic E-state index is -0.357. The zero-order valence-electron chi connectivity index (χ0n) is 19.5. The van der Waals surface area contributed by atoms with Gasteiger partial charge in [-0.1, -0.05) is 29.5 Å². The van der Waals surface area contributed by atoms with Crippen LogP contribution in [-0.2, 0) is 9.53 Å². The number of thioether (sulfide) groups is 1. The highest BCUT2D eigenvalue weighted by molar-refractivity contribution is 8.00. The number of ether oxygens (including phenoxy) is 1. The molecule has 8 nitrogen and oxygen atoms in total. The monoisotopic (exact) mass is 466 g/mol. The number of carbonyl (C=O) groups is 1. The maximum atomic E-state index is 12.9. The fraction of sp³-hybridized carbons (Fsp3) is 0.375. The van der Waals surface area contributed by atoms with Gasteiger partial charge in [0.1, 0.15) is 0 Å². The molecule has 1 aliphatic heterocycles. The summed E-state index contributed by atoms with van der Waals surface area (Å²) in [6.07, 6.45) is 0. The number of anilines is 3. The number of nitrogens with one attached hydrogen (secondary N) is 1. The molecule has 0 saturated carbocycles. The molecule has 1 fully saturated rings. The molecule has 1 amide bonds. The Labute approximate surface area is 198 Å². The largest absolute Gasteiger partial charge is 0.378 e. The number of nitrogens with zero attached hydrogens (tertiary/aromatic N) is 5. The highest BCUT2D eigenvalue weighted by Gasteiger charge is 2.25. The SMILES string of the molecule is Cc1ccc(-n2c(SC(C)C(=O)Nc3ccc(N(C)C)cc3)nnc2N2CCOCC2)cc1. The van der Waals surface area contributed by atoms with Crippen molar-refractivity contribution in [1.29, 1.82) is 0 Å². The second kappa shape index (κ2) is 10.3.